The molecule has 4 heteroatoms. The van der Waals surface area contributed by atoms with Crippen molar-refractivity contribution in [2.45, 2.75) is 6.42 Å². The third-order valence-corrected chi connectivity index (χ3v) is 3.14. The molecule has 0 amide bonds. The van der Waals surface area contributed by atoms with E-state index in [1.165, 1.54) is 39.3 Å². The first kappa shape index (κ1) is 12.9. The third kappa shape index (κ3) is 5.47. The molecular formula is C11H26N4. The molecule has 1 fully saturated rings. The van der Waals surface area contributed by atoms with Gasteiger partial charge in [-0.15, -0.1) is 0 Å². The van der Waals surface area contributed by atoms with Crippen molar-refractivity contribution in [2.75, 3.05) is 66.5 Å². The standard InChI is InChI=1S/C11H26N4/c1-13-6-7-14(2)9-11-15(10-8-13)5-3-4-12/h3-12H2,1-2H3. The zero-order chi connectivity index (χ0) is 11.1. The smallest absolute Gasteiger partial charge is 0.0110 e. The maximum Gasteiger partial charge on any atom is 0.0110 e. The molecule has 1 aliphatic rings. The molecule has 2 N–H and O–H groups in total. The first-order valence-electron chi connectivity index (χ1n) is 6.02. The summed E-state index contributed by atoms with van der Waals surface area (Å²) in [6, 6.07) is 0. The zero-order valence-electron chi connectivity index (χ0n) is 10.3. The Hall–Kier alpha value is -0.160. The van der Waals surface area contributed by atoms with Crippen LogP contribution in [0.15, 0.2) is 0 Å². The highest BCUT2D eigenvalue weighted by molar-refractivity contribution is 4.68. The van der Waals surface area contributed by atoms with Crippen molar-refractivity contribution in [1.29, 1.82) is 0 Å². The summed E-state index contributed by atoms with van der Waals surface area (Å²) >= 11 is 0. The molecule has 0 spiro atoms. The number of rotatable bonds is 3. The molecule has 4 nitrogen and oxygen atoms in total. The van der Waals surface area contributed by atoms with Crippen LogP contribution >= 0.6 is 0 Å². The fraction of sp³-hybridized carbons (Fsp3) is 1.00. The van der Waals surface area contributed by atoms with Crippen molar-refractivity contribution >= 4 is 0 Å². The number of hydrogen-bond donors (Lipinski definition) is 1. The number of hydrogen-bond acceptors (Lipinski definition) is 4. The highest BCUT2D eigenvalue weighted by Gasteiger charge is 2.11. The number of nitrogens with zero attached hydrogens (tertiary/aromatic N) is 3. The normalized spacial score (nSPS) is 23.4. The number of likely N-dealkylation sites (N-methyl/N-ethyl adjacent to an activating group) is 2. The Labute approximate surface area is 94.0 Å². The molecule has 1 aliphatic heterocycles. The summed E-state index contributed by atoms with van der Waals surface area (Å²) in [5, 5.41) is 0. The zero-order valence-corrected chi connectivity index (χ0v) is 10.3. The van der Waals surface area contributed by atoms with E-state index in [-0.39, 0.29) is 0 Å². The lowest BCUT2D eigenvalue weighted by atomic mass is 10.3. The van der Waals surface area contributed by atoms with E-state index in [0.29, 0.717) is 0 Å². The van der Waals surface area contributed by atoms with Crippen LogP contribution in [0.25, 0.3) is 0 Å². The summed E-state index contributed by atoms with van der Waals surface area (Å²) in [6.07, 6.45) is 1.12. The van der Waals surface area contributed by atoms with Crippen molar-refractivity contribution in [2.24, 2.45) is 5.73 Å². The van der Waals surface area contributed by atoms with E-state index in [1.807, 2.05) is 0 Å². The van der Waals surface area contributed by atoms with Crippen LogP contribution in [0.3, 0.4) is 0 Å². The Balaban J connectivity index is 2.35. The molecule has 0 aliphatic carbocycles. The molecule has 0 aromatic carbocycles. The minimum atomic E-state index is 0.808. The van der Waals surface area contributed by atoms with Gasteiger partial charge in [-0.2, -0.15) is 0 Å². The molecule has 0 radical (unpaired) electrons. The molecule has 1 heterocycles. The minimum Gasteiger partial charge on any atom is -0.330 e. The van der Waals surface area contributed by atoms with E-state index in [1.54, 1.807) is 0 Å². The van der Waals surface area contributed by atoms with E-state index < -0.39 is 0 Å². The van der Waals surface area contributed by atoms with Gasteiger partial charge < -0.3 is 20.4 Å². The first-order valence-corrected chi connectivity index (χ1v) is 6.02. The summed E-state index contributed by atoms with van der Waals surface area (Å²) in [4.78, 5) is 7.36. The van der Waals surface area contributed by atoms with Crippen LogP contribution in [0.2, 0.25) is 0 Å². The van der Waals surface area contributed by atoms with Gasteiger partial charge in [0.15, 0.2) is 0 Å². The van der Waals surface area contributed by atoms with Gasteiger partial charge in [0, 0.05) is 39.3 Å². The second-order valence-electron chi connectivity index (χ2n) is 4.59. The van der Waals surface area contributed by atoms with Crippen molar-refractivity contribution in [3.63, 3.8) is 0 Å². The van der Waals surface area contributed by atoms with Crippen molar-refractivity contribution in [3.05, 3.63) is 0 Å². The Bertz CT molecular complexity index is 149. The number of nitrogens with two attached hydrogens (primary N) is 1. The SMILES string of the molecule is CN1CCN(C)CCN(CCCN)CC1. The second kappa shape index (κ2) is 7.17. The van der Waals surface area contributed by atoms with E-state index in [4.69, 9.17) is 5.73 Å². The molecule has 0 saturated carbocycles. The van der Waals surface area contributed by atoms with Crippen LogP contribution in [-0.2, 0) is 0 Å². The molecular weight excluding hydrogens is 188 g/mol. The summed E-state index contributed by atoms with van der Waals surface area (Å²) in [7, 11) is 4.42. The van der Waals surface area contributed by atoms with Crippen molar-refractivity contribution < 1.29 is 0 Å². The van der Waals surface area contributed by atoms with Crippen LogP contribution in [-0.4, -0.2) is 81.2 Å². The van der Waals surface area contributed by atoms with Crippen molar-refractivity contribution in [1.82, 2.24) is 14.7 Å². The molecule has 0 unspecified atom stereocenters. The Kier molecular flexibility index (Phi) is 6.17. The van der Waals surface area contributed by atoms with Crippen molar-refractivity contribution in [3.8, 4) is 0 Å². The van der Waals surface area contributed by atoms with Crippen LogP contribution in [0.1, 0.15) is 6.42 Å². The van der Waals surface area contributed by atoms with E-state index in [9.17, 15) is 0 Å². The molecule has 0 bridgehead atoms. The predicted octanol–water partition coefficient (Wildman–Crippen LogP) is -0.486. The Morgan fingerprint density at radius 1 is 0.867 bits per heavy atom. The minimum absolute atomic E-state index is 0.808. The maximum absolute atomic E-state index is 5.55. The molecule has 15 heavy (non-hydrogen) atoms. The molecule has 1 saturated heterocycles. The van der Waals surface area contributed by atoms with Gasteiger partial charge in [-0.3, -0.25) is 0 Å². The largest absolute Gasteiger partial charge is 0.330 e. The van der Waals surface area contributed by atoms with Gasteiger partial charge in [-0.1, -0.05) is 0 Å². The van der Waals surface area contributed by atoms with E-state index in [0.717, 1.165) is 19.5 Å². The van der Waals surface area contributed by atoms with Gasteiger partial charge in [0.2, 0.25) is 0 Å². The van der Waals surface area contributed by atoms with Gasteiger partial charge in [0.1, 0.15) is 0 Å². The topological polar surface area (TPSA) is 35.7 Å². The fourth-order valence-electron chi connectivity index (χ4n) is 1.84. The van der Waals surface area contributed by atoms with Crippen LogP contribution in [0.5, 0.6) is 0 Å². The molecule has 0 aromatic heterocycles. The second-order valence-corrected chi connectivity index (χ2v) is 4.59. The fourth-order valence-corrected chi connectivity index (χ4v) is 1.84. The monoisotopic (exact) mass is 214 g/mol. The van der Waals surface area contributed by atoms with Gasteiger partial charge >= 0.3 is 0 Å². The van der Waals surface area contributed by atoms with Crippen LogP contribution in [0.4, 0.5) is 0 Å². The molecule has 0 atom stereocenters. The molecule has 90 valence electrons. The quantitative estimate of drug-likeness (QED) is 0.688. The lowest BCUT2D eigenvalue weighted by molar-refractivity contribution is 0.234. The van der Waals surface area contributed by atoms with Gasteiger partial charge in [0.25, 0.3) is 0 Å². The van der Waals surface area contributed by atoms with Gasteiger partial charge in [0.05, 0.1) is 0 Å². The summed E-state index contributed by atoms with van der Waals surface area (Å²) in [5.74, 6) is 0. The summed E-state index contributed by atoms with van der Waals surface area (Å²) in [6.45, 7) is 9.05. The maximum atomic E-state index is 5.55. The summed E-state index contributed by atoms with van der Waals surface area (Å²) in [5.41, 5.74) is 5.55. The van der Waals surface area contributed by atoms with Crippen LogP contribution < -0.4 is 5.73 Å². The Morgan fingerprint density at radius 3 is 1.80 bits per heavy atom. The Morgan fingerprint density at radius 2 is 1.33 bits per heavy atom. The van der Waals surface area contributed by atoms with E-state index in [2.05, 4.69) is 28.8 Å². The predicted molar refractivity (Wildman–Crippen MR) is 65.1 cm³/mol. The first-order chi connectivity index (χ1) is 7.22. The molecule has 0 aromatic rings. The highest BCUT2D eigenvalue weighted by Crippen LogP contribution is 1.97. The summed E-state index contributed by atoms with van der Waals surface area (Å²) < 4.78 is 0. The third-order valence-electron chi connectivity index (χ3n) is 3.14. The molecule has 1 rings (SSSR count). The van der Waals surface area contributed by atoms with Gasteiger partial charge in [-0.05, 0) is 33.6 Å². The van der Waals surface area contributed by atoms with Crippen LogP contribution in [0, 0.1) is 0 Å². The lowest BCUT2D eigenvalue weighted by Gasteiger charge is -2.23. The average Bonchev–Trinajstić information content (AvgIpc) is 2.31. The van der Waals surface area contributed by atoms with Gasteiger partial charge in [-0.25, -0.2) is 0 Å². The van der Waals surface area contributed by atoms with E-state index >= 15 is 0 Å². The lowest BCUT2D eigenvalue weighted by Crippen LogP contribution is -2.36. The highest BCUT2D eigenvalue weighted by atomic mass is 15.2. The average molecular weight is 214 g/mol.